The van der Waals surface area contributed by atoms with Gasteiger partial charge in [0.25, 0.3) is 0 Å². The maximum atomic E-state index is 11.8. The molecule has 1 aliphatic rings. The van der Waals surface area contributed by atoms with Crippen molar-refractivity contribution >= 4 is 28.3 Å². The van der Waals surface area contributed by atoms with Gasteiger partial charge in [0.15, 0.2) is 11.6 Å². The van der Waals surface area contributed by atoms with E-state index in [2.05, 4.69) is 30.7 Å². The molecular weight excluding hydrogens is 368 g/mol. The van der Waals surface area contributed by atoms with Crippen LogP contribution in [0.4, 0.5) is 11.6 Å². The number of aromatic nitrogens is 5. The van der Waals surface area contributed by atoms with Crippen LogP contribution in [0.15, 0.2) is 48.7 Å². The van der Waals surface area contributed by atoms with Gasteiger partial charge in [-0.1, -0.05) is 0 Å². The van der Waals surface area contributed by atoms with Crippen molar-refractivity contribution in [1.29, 1.82) is 0 Å². The van der Waals surface area contributed by atoms with E-state index in [9.17, 15) is 4.79 Å². The van der Waals surface area contributed by atoms with E-state index in [0.717, 1.165) is 22.2 Å². The lowest BCUT2D eigenvalue weighted by Crippen LogP contribution is -2.11. The molecule has 0 saturated heterocycles. The molecule has 0 amide bonds. The summed E-state index contributed by atoms with van der Waals surface area (Å²) in [5.74, 6) is 2.55. The molecule has 29 heavy (non-hydrogen) atoms. The van der Waals surface area contributed by atoms with Crippen LogP contribution in [0.5, 0.6) is 5.75 Å². The van der Waals surface area contributed by atoms with Crippen molar-refractivity contribution in [3.05, 3.63) is 48.7 Å². The molecule has 2 aromatic heterocycles. The minimum absolute atomic E-state index is 0.132. The minimum Gasteiger partial charge on any atom is -0.486 e. The van der Waals surface area contributed by atoms with Gasteiger partial charge in [0.1, 0.15) is 12.4 Å². The van der Waals surface area contributed by atoms with E-state index in [4.69, 9.17) is 4.74 Å². The van der Waals surface area contributed by atoms with Crippen LogP contribution in [0, 0.1) is 5.92 Å². The number of ether oxygens (including phenoxy) is 1. The van der Waals surface area contributed by atoms with Gasteiger partial charge in [0.2, 0.25) is 5.95 Å². The Kier molecular flexibility index (Phi) is 4.44. The van der Waals surface area contributed by atoms with E-state index < -0.39 is 0 Å². The van der Waals surface area contributed by atoms with E-state index in [1.807, 2.05) is 42.5 Å². The van der Waals surface area contributed by atoms with Crippen LogP contribution < -0.4 is 10.1 Å². The predicted molar refractivity (Wildman–Crippen MR) is 109 cm³/mol. The van der Waals surface area contributed by atoms with Crippen LogP contribution in [0.25, 0.3) is 22.3 Å². The van der Waals surface area contributed by atoms with Crippen molar-refractivity contribution < 1.29 is 9.53 Å². The van der Waals surface area contributed by atoms with Crippen LogP contribution in [-0.2, 0) is 4.79 Å². The SMILES string of the molecule is O=C(COc1ccc(-c2nc(Nc3ccc4[nH]ncc4c3)n[nH]2)cc1)CC1CC1. The average molecular weight is 388 g/mol. The first kappa shape index (κ1) is 17.4. The van der Waals surface area contributed by atoms with Crippen LogP contribution in [0.1, 0.15) is 19.3 Å². The number of H-pyrrole nitrogens is 2. The molecule has 0 aliphatic heterocycles. The number of carbonyl (C=O) groups excluding carboxylic acids is 1. The second-order valence-corrected chi connectivity index (χ2v) is 7.30. The fourth-order valence-corrected chi connectivity index (χ4v) is 3.17. The Morgan fingerprint density at radius 3 is 2.83 bits per heavy atom. The number of ketones is 1. The van der Waals surface area contributed by atoms with Gasteiger partial charge in [-0.25, -0.2) is 0 Å². The molecule has 1 saturated carbocycles. The molecule has 2 heterocycles. The third-order valence-electron chi connectivity index (χ3n) is 4.92. The maximum Gasteiger partial charge on any atom is 0.246 e. The highest BCUT2D eigenvalue weighted by atomic mass is 16.5. The number of Topliss-reactive ketones (excluding diaryl/α,β-unsaturated/α-hetero) is 1. The zero-order valence-corrected chi connectivity index (χ0v) is 15.7. The Hall–Kier alpha value is -3.68. The molecule has 1 aliphatic carbocycles. The van der Waals surface area contributed by atoms with Gasteiger partial charge in [-0.3, -0.25) is 15.0 Å². The molecule has 0 atom stereocenters. The van der Waals surface area contributed by atoms with E-state index in [-0.39, 0.29) is 12.4 Å². The summed E-state index contributed by atoms with van der Waals surface area (Å²) in [5, 5.41) is 18.3. The van der Waals surface area contributed by atoms with Crippen LogP contribution in [0.2, 0.25) is 0 Å². The highest BCUT2D eigenvalue weighted by Crippen LogP contribution is 2.32. The number of rotatable bonds is 8. The van der Waals surface area contributed by atoms with Crippen LogP contribution >= 0.6 is 0 Å². The normalized spacial score (nSPS) is 13.5. The Morgan fingerprint density at radius 1 is 1.14 bits per heavy atom. The molecule has 0 bridgehead atoms. The first-order valence-corrected chi connectivity index (χ1v) is 9.60. The molecular formula is C21H20N6O2. The van der Waals surface area contributed by atoms with Gasteiger partial charge in [-0.2, -0.15) is 10.1 Å². The summed E-state index contributed by atoms with van der Waals surface area (Å²) in [4.78, 5) is 16.3. The molecule has 4 aromatic rings. The fourth-order valence-electron chi connectivity index (χ4n) is 3.17. The highest BCUT2D eigenvalue weighted by molar-refractivity contribution is 5.82. The summed E-state index contributed by atoms with van der Waals surface area (Å²) in [6.07, 6.45) is 4.76. The van der Waals surface area contributed by atoms with E-state index in [0.29, 0.717) is 29.9 Å². The number of aromatic amines is 2. The van der Waals surface area contributed by atoms with Gasteiger partial charge in [0, 0.05) is 23.1 Å². The number of carbonyl (C=O) groups is 1. The molecule has 8 heteroatoms. The van der Waals surface area contributed by atoms with Crippen molar-refractivity contribution in [1.82, 2.24) is 25.4 Å². The monoisotopic (exact) mass is 388 g/mol. The molecule has 8 nitrogen and oxygen atoms in total. The van der Waals surface area contributed by atoms with Crippen LogP contribution in [0.3, 0.4) is 0 Å². The molecule has 0 unspecified atom stereocenters. The smallest absolute Gasteiger partial charge is 0.246 e. The summed E-state index contributed by atoms with van der Waals surface area (Å²) in [5.41, 5.74) is 2.74. The lowest BCUT2D eigenvalue weighted by molar-refractivity contribution is -0.121. The maximum absolute atomic E-state index is 11.8. The molecule has 0 radical (unpaired) electrons. The second kappa shape index (κ2) is 7.38. The largest absolute Gasteiger partial charge is 0.486 e. The third-order valence-corrected chi connectivity index (χ3v) is 4.92. The second-order valence-electron chi connectivity index (χ2n) is 7.30. The number of nitrogens with one attached hydrogen (secondary N) is 3. The minimum atomic E-state index is 0.132. The third kappa shape index (κ3) is 4.11. The lowest BCUT2D eigenvalue weighted by atomic mass is 10.2. The summed E-state index contributed by atoms with van der Waals surface area (Å²) < 4.78 is 5.58. The van der Waals surface area contributed by atoms with E-state index in [1.54, 1.807) is 6.20 Å². The molecule has 2 aromatic carbocycles. The first-order chi connectivity index (χ1) is 14.2. The summed E-state index contributed by atoms with van der Waals surface area (Å²) in [6, 6.07) is 13.3. The Balaban J connectivity index is 1.21. The average Bonchev–Trinajstić information content (AvgIpc) is 3.23. The van der Waals surface area contributed by atoms with Crippen molar-refractivity contribution in [3.8, 4) is 17.1 Å². The van der Waals surface area contributed by atoms with E-state index >= 15 is 0 Å². The van der Waals surface area contributed by atoms with E-state index in [1.165, 1.54) is 12.8 Å². The zero-order valence-electron chi connectivity index (χ0n) is 15.7. The lowest BCUT2D eigenvalue weighted by Gasteiger charge is -2.05. The molecule has 5 rings (SSSR count). The highest BCUT2D eigenvalue weighted by Gasteiger charge is 2.24. The Bertz CT molecular complexity index is 1140. The Morgan fingerprint density at radius 2 is 2.00 bits per heavy atom. The zero-order chi connectivity index (χ0) is 19.6. The molecule has 3 N–H and O–H groups in total. The van der Waals surface area contributed by atoms with Gasteiger partial charge in [-0.15, -0.1) is 5.10 Å². The molecule has 0 spiro atoms. The Labute approximate surface area is 166 Å². The van der Waals surface area contributed by atoms with Gasteiger partial charge in [0.05, 0.1) is 11.7 Å². The summed E-state index contributed by atoms with van der Waals surface area (Å²) >= 11 is 0. The fraction of sp³-hybridized carbons (Fsp3) is 0.238. The van der Waals surface area contributed by atoms with Crippen molar-refractivity contribution in [2.75, 3.05) is 11.9 Å². The van der Waals surface area contributed by atoms with Crippen LogP contribution in [-0.4, -0.2) is 37.8 Å². The number of fused-ring (bicyclic) bond motifs is 1. The molecule has 1 fully saturated rings. The van der Waals surface area contributed by atoms with Crippen molar-refractivity contribution in [2.45, 2.75) is 19.3 Å². The van der Waals surface area contributed by atoms with Gasteiger partial charge >= 0.3 is 0 Å². The number of hydrogen-bond acceptors (Lipinski definition) is 6. The molecule has 146 valence electrons. The number of anilines is 2. The number of benzene rings is 2. The van der Waals surface area contributed by atoms with Crippen molar-refractivity contribution in [3.63, 3.8) is 0 Å². The summed E-state index contributed by atoms with van der Waals surface area (Å²) in [7, 11) is 0. The van der Waals surface area contributed by atoms with Gasteiger partial charge in [-0.05, 0) is 61.2 Å². The quantitative estimate of drug-likeness (QED) is 0.423. The predicted octanol–water partition coefficient (Wildman–Crippen LogP) is 3.84. The topological polar surface area (TPSA) is 109 Å². The number of nitrogens with zero attached hydrogens (tertiary/aromatic N) is 3. The number of hydrogen-bond donors (Lipinski definition) is 3. The van der Waals surface area contributed by atoms with Crippen molar-refractivity contribution in [2.24, 2.45) is 5.92 Å². The standard InChI is InChI=1S/C21H20N6O2/c28-17(9-13-1-2-13)12-29-18-6-3-14(4-7-18)20-24-21(27-26-20)23-16-5-8-19-15(10-16)11-22-25-19/h3-8,10-11,13H,1-2,9,12H2,(H,22,25)(H2,23,24,26,27). The summed E-state index contributed by atoms with van der Waals surface area (Å²) in [6.45, 7) is 0.132. The first-order valence-electron chi connectivity index (χ1n) is 9.60. The van der Waals surface area contributed by atoms with Gasteiger partial charge < -0.3 is 10.1 Å².